The van der Waals surface area contributed by atoms with Crippen molar-refractivity contribution in [2.75, 3.05) is 13.7 Å². The molecular formula is C11H15NO3S. The van der Waals surface area contributed by atoms with Gasteiger partial charge in [-0.15, -0.1) is 11.3 Å². The molecule has 0 N–H and O–H groups in total. The highest BCUT2D eigenvalue weighted by Crippen LogP contribution is 2.45. The number of hydrogen-bond acceptors (Lipinski definition) is 5. The first kappa shape index (κ1) is 11.5. The molecule has 0 bridgehead atoms. The maximum atomic E-state index is 11.5. The van der Waals surface area contributed by atoms with Crippen LogP contribution in [0.5, 0.6) is 0 Å². The number of methoxy groups -OCH3 is 1. The highest BCUT2D eigenvalue weighted by Gasteiger charge is 2.41. The van der Waals surface area contributed by atoms with Crippen LogP contribution >= 0.6 is 11.3 Å². The van der Waals surface area contributed by atoms with Crippen LogP contribution in [0.2, 0.25) is 0 Å². The van der Waals surface area contributed by atoms with Crippen molar-refractivity contribution in [2.45, 2.75) is 31.8 Å². The van der Waals surface area contributed by atoms with E-state index in [4.69, 9.17) is 9.47 Å². The van der Waals surface area contributed by atoms with Crippen molar-refractivity contribution in [3.63, 3.8) is 0 Å². The molecule has 0 aliphatic heterocycles. The van der Waals surface area contributed by atoms with Crippen molar-refractivity contribution in [2.24, 2.45) is 0 Å². The van der Waals surface area contributed by atoms with E-state index < -0.39 is 0 Å². The summed E-state index contributed by atoms with van der Waals surface area (Å²) in [5.74, 6) is -0.351. The molecule has 0 amide bonds. The smallest absolute Gasteiger partial charge is 0.357 e. The molecule has 0 atom stereocenters. The first-order chi connectivity index (χ1) is 7.72. The second kappa shape index (κ2) is 4.51. The van der Waals surface area contributed by atoms with Gasteiger partial charge in [0.2, 0.25) is 0 Å². The zero-order chi connectivity index (χ0) is 11.6. The highest BCUT2D eigenvalue weighted by molar-refractivity contribution is 7.10. The van der Waals surface area contributed by atoms with Crippen molar-refractivity contribution in [3.05, 3.63) is 16.1 Å². The number of thiazole rings is 1. The molecule has 1 saturated carbocycles. The maximum Gasteiger partial charge on any atom is 0.357 e. The zero-order valence-electron chi connectivity index (χ0n) is 9.49. The predicted octanol–water partition coefficient (Wildman–Crippen LogP) is 2.35. The molecule has 0 saturated heterocycles. The van der Waals surface area contributed by atoms with Gasteiger partial charge in [0.1, 0.15) is 10.6 Å². The van der Waals surface area contributed by atoms with Gasteiger partial charge < -0.3 is 9.47 Å². The van der Waals surface area contributed by atoms with Crippen LogP contribution in [0, 0.1) is 0 Å². The molecule has 1 aromatic rings. The van der Waals surface area contributed by atoms with Crippen molar-refractivity contribution < 1.29 is 14.3 Å². The number of carbonyl (C=O) groups is 1. The Morgan fingerprint density at radius 3 is 2.88 bits per heavy atom. The number of aromatic nitrogens is 1. The van der Waals surface area contributed by atoms with Crippen molar-refractivity contribution in [3.8, 4) is 0 Å². The van der Waals surface area contributed by atoms with Gasteiger partial charge in [-0.25, -0.2) is 9.78 Å². The molecule has 16 heavy (non-hydrogen) atoms. The quantitative estimate of drug-likeness (QED) is 0.759. The minimum Gasteiger partial charge on any atom is -0.461 e. The average Bonchev–Trinajstić information content (AvgIpc) is 2.67. The Balaban J connectivity index is 2.16. The van der Waals surface area contributed by atoms with Crippen LogP contribution in [0.15, 0.2) is 5.38 Å². The maximum absolute atomic E-state index is 11.5. The van der Waals surface area contributed by atoms with Crippen LogP contribution in [0.3, 0.4) is 0 Å². The van der Waals surface area contributed by atoms with Gasteiger partial charge in [-0.3, -0.25) is 0 Å². The third kappa shape index (κ3) is 1.85. The van der Waals surface area contributed by atoms with E-state index in [2.05, 4.69) is 4.98 Å². The topological polar surface area (TPSA) is 48.4 Å². The van der Waals surface area contributed by atoms with Gasteiger partial charge in [0, 0.05) is 12.5 Å². The molecule has 4 nitrogen and oxygen atoms in total. The number of rotatable bonds is 4. The number of ether oxygens (including phenoxy) is 2. The van der Waals surface area contributed by atoms with Gasteiger partial charge in [-0.2, -0.15) is 0 Å². The van der Waals surface area contributed by atoms with Gasteiger partial charge >= 0.3 is 5.97 Å². The summed E-state index contributed by atoms with van der Waals surface area (Å²) >= 11 is 1.47. The second-order valence-electron chi connectivity index (χ2n) is 3.81. The van der Waals surface area contributed by atoms with Gasteiger partial charge in [-0.1, -0.05) is 0 Å². The summed E-state index contributed by atoms with van der Waals surface area (Å²) < 4.78 is 10.4. The Hall–Kier alpha value is -0.940. The molecule has 88 valence electrons. The summed E-state index contributed by atoms with van der Waals surface area (Å²) in [4.78, 5) is 15.8. The van der Waals surface area contributed by atoms with Gasteiger partial charge in [0.15, 0.2) is 5.69 Å². The predicted molar refractivity (Wildman–Crippen MR) is 60.6 cm³/mol. The van der Waals surface area contributed by atoms with E-state index in [0.717, 1.165) is 24.3 Å². The van der Waals surface area contributed by atoms with Crippen LogP contribution < -0.4 is 0 Å². The Bertz CT molecular complexity index is 379. The normalized spacial score (nSPS) is 17.9. The molecule has 1 heterocycles. The van der Waals surface area contributed by atoms with Crippen LogP contribution in [0.4, 0.5) is 0 Å². The summed E-state index contributed by atoms with van der Waals surface area (Å²) in [5, 5.41) is 2.64. The monoisotopic (exact) mass is 241 g/mol. The fraction of sp³-hybridized carbons (Fsp3) is 0.636. The molecule has 1 aromatic heterocycles. The molecule has 5 heteroatoms. The fourth-order valence-electron chi connectivity index (χ4n) is 1.78. The lowest BCUT2D eigenvalue weighted by Crippen LogP contribution is -2.36. The standard InChI is InChI=1S/C11H15NO3S/c1-3-15-9(13)8-7-16-10(12-8)11(14-2)5-4-6-11/h7H,3-6H2,1-2H3. The van der Waals surface area contributed by atoms with E-state index in [-0.39, 0.29) is 11.6 Å². The van der Waals surface area contributed by atoms with E-state index >= 15 is 0 Å². The summed E-state index contributed by atoms with van der Waals surface area (Å²) in [6.07, 6.45) is 3.13. The molecule has 1 aliphatic carbocycles. The minimum absolute atomic E-state index is 0.241. The molecule has 0 radical (unpaired) electrons. The van der Waals surface area contributed by atoms with Gasteiger partial charge in [-0.05, 0) is 26.2 Å². The summed E-state index contributed by atoms with van der Waals surface area (Å²) in [6, 6.07) is 0. The van der Waals surface area contributed by atoms with E-state index in [1.807, 2.05) is 0 Å². The Labute approximate surface area is 98.6 Å². The van der Waals surface area contributed by atoms with Crippen LogP contribution in [-0.4, -0.2) is 24.7 Å². The summed E-state index contributed by atoms with van der Waals surface area (Å²) in [7, 11) is 1.70. The molecule has 2 rings (SSSR count). The Morgan fingerprint density at radius 1 is 1.62 bits per heavy atom. The van der Waals surface area contributed by atoms with Crippen LogP contribution in [0.25, 0.3) is 0 Å². The number of nitrogens with zero attached hydrogens (tertiary/aromatic N) is 1. The summed E-state index contributed by atoms with van der Waals surface area (Å²) in [6.45, 7) is 2.16. The third-order valence-corrected chi connectivity index (χ3v) is 3.96. The summed E-state index contributed by atoms with van der Waals surface area (Å²) in [5.41, 5.74) is 0.153. The number of carbonyl (C=O) groups excluding carboxylic acids is 1. The van der Waals surface area contributed by atoms with E-state index in [1.165, 1.54) is 11.3 Å². The van der Waals surface area contributed by atoms with Crippen LogP contribution in [0.1, 0.15) is 41.7 Å². The molecule has 1 aliphatic rings. The third-order valence-electron chi connectivity index (χ3n) is 2.93. The molecule has 0 spiro atoms. The van der Waals surface area contributed by atoms with Crippen molar-refractivity contribution in [1.29, 1.82) is 0 Å². The van der Waals surface area contributed by atoms with Crippen molar-refractivity contribution in [1.82, 2.24) is 4.98 Å². The van der Waals surface area contributed by atoms with E-state index in [9.17, 15) is 4.79 Å². The molecular weight excluding hydrogens is 226 g/mol. The molecule has 0 aromatic carbocycles. The van der Waals surface area contributed by atoms with Gasteiger partial charge in [0.05, 0.1) is 6.61 Å². The SMILES string of the molecule is CCOC(=O)c1csc(C2(OC)CCC2)n1. The lowest BCUT2D eigenvalue weighted by atomic mass is 9.80. The van der Waals surface area contributed by atoms with Crippen LogP contribution in [-0.2, 0) is 15.1 Å². The minimum atomic E-state index is -0.351. The second-order valence-corrected chi connectivity index (χ2v) is 4.67. The number of hydrogen-bond donors (Lipinski definition) is 0. The number of esters is 1. The highest BCUT2D eigenvalue weighted by atomic mass is 32.1. The first-order valence-corrected chi connectivity index (χ1v) is 6.28. The fourth-order valence-corrected chi connectivity index (χ4v) is 2.81. The lowest BCUT2D eigenvalue weighted by Gasteiger charge is -2.38. The van der Waals surface area contributed by atoms with Gasteiger partial charge in [0.25, 0.3) is 0 Å². The lowest BCUT2D eigenvalue weighted by molar-refractivity contribution is -0.0780. The van der Waals surface area contributed by atoms with E-state index in [0.29, 0.717) is 12.3 Å². The first-order valence-electron chi connectivity index (χ1n) is 5.40. The Morgan fingerprint density at radius 2 is 2.38 bits per heavy atom. The van der Waals surface area contributed by atoms with E-state index in [1.54, 1.807) is 19.4 Å². The average molecular weight is 241 g/mol. The zero-order valence-corrected chi connectivity index (χ0v) is 10.3. The van der Waals surface area contributed by atoms with Crippen molar-refractivity contribution >= 4 is 17.3 Å². The largest absolute Gasteiger partial charge is 0.461 e. The molecule has 1 fully saturated rings. The molecule has 0 unspecified atom stereocenters. The Kier molecular flexibility index (Phi) is 3.25.